The number of hydrogen-bond acceptors (Lipinski definition) is 4. The van der Waals surface area contributed by atoms with Gasteiger partial charge in [-0.1, -0.05) is 66.7 Å². The Labute approximate surface area is 165 Å². The van der Waals surface area contributed by atoms with Crippen molar-refractivity contribution in [1.82, 2.24) is 9.21 Å². The van der Waals surface area contributed by atoms with Crippen LogP contribution in [0.1, 0.15) is 11.6 Å². The van der Waals surface area contributed by atoms with Crippen LogP contribution in [-0.4, -0.2) is 55.5 Å². The van der Waals surface area contributed by atoms with Crippen molar-refractivity contribution in [3.63, 3.8) is 0 Å². The summed E-state index contributed by atoms with van der Waals surface area (Å²) in [4.78, 5) is 2.52. The number of piperazine rings is 1. The minimum Gasteiger partial charge on any atom is -0.394 e. The number of benzene rings is 3. The molecule has 5 nitrogen and oxygen atoms in total. The van der Waals surface area contributed by atoms with E-state index in [0.29, 0.717) is 31.1 Å². The highest BCUT2D eigenvalue weighted by Gasteiger charge is 2.32. The first kappa shape index (κ1) is 19.1. The maximum Gasteiger partial charge on any atom is 0.243 e. The lowest BCUT2D eigenvalue weighted by Crippen LogP contribution is -2.50. The zero-order chi connectivity index (χ0) is 19.6. The summed E-state index contributed by atoms with van der Waals surface area (Å²) in [5, 5.41) is 11.6. The quantitative estimate of drug-likeness (QED) is 0.720. The molecule has 0 aromatic heterocycles. The molecule has 4 rings (SSSR count). The van der Waals surface area contributed by atoms with Crippen molar-refractivity contribution in [2.75, 3.05) is 32.8 Å². The van der Waals surface area contributed by atoms with E-state index in [-0.39, 0.29) is 12.6 Å². The summed E-state index contributed by atoms with van der Waals surface area (Å²) in [5.74, 6) is 0. The lowest BCUT2D eigenvalue weighted by Gasteiger charge is -2.38. The summed E-state index contributed by atoms with van der Waals surface area (Å²) < 4.78 is 28.1. The van der Waals surface area contributed by atoms with Crippen LogP contribution in [0.2, 0.25) is 0 Å². The number of nitrogens with zero attached hydrogens (tertiary/aromatic N) is 2. The van der Waals surface area contributed by atoms with Gasteiger partial charge in [0, 0.05) is 31.6 Å². The van der Waals surface area contributed by atoms with E-state index in [4.69, 9.17) is 0 Å². The van der Waals surface area contributed by atoms with Crippen LogP contribution in [0.25, 0.3) is 10.8 Å². The smallest absolute Gasteiger partial charge is 0.243 e. The van der Waals surface area contributed by atoms with Crippen molar-refractivity contribution < 1.29 is 13.5 Å². The third-order valence-electron chi connectivity index (χ3n) is 5.44. The fraction of sp³-hybridized carbons (Fsp3) is 0.273. The van der Waals surface area contributed by atoms with E-state index in [1.807, 2.05) is 60.7 Å². The highest BCUT2D eigenvalue weighted by molar-refractivity contribution is 7.89. The van der Waals surface area contributed by atoms with Crippen molar-refractivity contribution in [2.24, 2.45) is 0 Å². The normalized spacial score (nSPS) is 17.6. The molecule has 0 radical (unpaired) electrons. The van der Waals surface area contributed by atoms with Crippen LogP contribution in [-0.2, 0) is 10.0 Å². The third-order valence-corrected chi connectivity index (χ3v) is 7.40. The second-order valence-electron chi connectivity index (χ2n) is 7.03. The van der Waals surface area contributed by atoms with Crippen LogP contribution < -0.4 is 0 Å². The molecule has 1 N–H and O–H groups in total. The standard InChI is InChI=1S/C22H24N2O3S/c25-17-21(19-8-2-1-3-9-19)23-13-15-24(16-14-23)28(26,27)22-12-6-10-18-7-4-5-11-20(18)22/h1-12,21,25H,13-17H2. The number of hydrogen-bond donors (Lipinski definition) is 1. The van der Waals surface area contributed by atoms with E-state index in [1.54, 1.807) is 16.4 Å². The summed E-state index contributed by atoms with van der Waals surface area (Å²) in [6.07, 6.45) is 0. The SMILES string of the molecule is O=S(=O)(c1cccc2ccccc12)N1CCN(C(CO)c2ccccc2)CC1. The van der Waals surface area contributed by atoms with Crippen LogP contribution in [0, 0.1) is 0 Å². The summed E-state index contributed by atoms with van der Waals surface area (Å²) in [7, 11) is -3.56. The Bertz CT molecular complexity index is 1040. The van der Waals surface area contributed by atoms with Gasteiger partial charge in [-0.3, -0.25) is 4.90 Å². The van der Waals surface area contributed by atoms with Gasteiger partial charge in [0.25, 0.3) is 0 Å². The highest BCUT2D eigenvalue weighted by Crippen LogP contribution is 2.28. The predicted octanol–water partition coefficient (Wildman–Crippen LogP) is 2.88. The Morgan fingerprint density at radius 1 is 0.821 bits per heavy atom. The lowest BCUT2D eigenvalue weighted by atomic mass is 10.1. The van der Waals surface area contributed by atoms with Gasteiger partial charge in [-0.05, 0) is 17.0 Å². The summed E-state index contributed by atoms with van der Waals surface area (Å²) >= 11 is 0. The second kappa shape index (κ2) is 8.01. The molecule has 0 spiro atoms. The maximum atomic E-state index is 13.3. The molecule has 6 heteroatoms. The van der Waals surface area contributed by atoms with E-state index in [2.05, 4.69) is 4.90 Å². The maximum absolute atomic E-state index is 13.3. The van der Waals surface area contributed by atoms with E-state index in [1.165, 1.54) is 0 Å². The van der Waals surface area contributed by atoms with Crippen LogP contribution in [0.15, 0.2) is 77.7 Å². The summed E-state index contributed by atoms with van der Waals surface area (Å²) in [5.41, 5.74) is 1.05. The average molecular weight is 397 g/mol. The van der Waals surface area contributed by atoms with Crippen molar-refractivity contribution in [2.45, 2.75) is 10.9 Å². The van der Waals surface area contributed by atoms with Gasteiger partial charge in [0.15, 0.2) is 0 Å². The highest BCUT2D eigenvalue weighted by atomic mass is 32.2. The van der Waals surface area contributed by atoms with Crippen molar-refractivity contribution in [1.29, 1.82) is 0 Å². The van der Waals surface area contributed by atoms with Crippen LogP contribution in [0.3, 0.4) is 0 Å². The summed E-state index contributed by atoms with van der Waals surface area (Å²) in [6.45, 7) is 2.01. The zero-order valence-corrected chi connectivity index (χ0v) is 16.4. The fourth-order valence-electron chi connectivity index (χ4n) is 3.92. The largest absolute Gasteiger partial charge is 0.394 e. The Morgan fingerprint density at radius 3 is 2.18 bits per heavy atom. The molecule has 1 aliphatic rings. The van der Waals surface area contributed by atoms with E-state index >= 15 is 0 Å². The molecule has 1 unspecified atom stereocenters. The van der Waals surface area contributed by atoms with Crippen molar-refractivity contribution in [3.8, 4) is 0 Å². The molecule has 3 aromatic carbocycles. The van der Waals surface area contributed by atoms with Crippen LogP contribution in [0.4, 0.5) is 0 Å². The first-order valence-corrected chi connectivity index (χ1v) is 10.9. The number of fused-ring (bicyclic) bond motifs is 1. The topological polar surface area (TPSA) is 60.9 Å². The number of aliphatic hydroxyl groups excluding tert-OH is 1. The Hall–Kier alpha value is -2.25. The number of aliphatic hydroxyl groups is 1. The third kappa shape index (κ3) is 3.56. The average Bonchev–Trinajstić information content (AvgIpc) is 2.75. The van der Waals surface area contributed by atoms with E-state index < -0.39 is 10.0 Å². The molecule has 1 saturated heterocycles. The van der Waals surface area contributed by atoms with Crippen molar-refractivity contribution in [3.05, 3.63) is 78.4 Å². The Balaban J connectivity index is 1.54. The van der Waals surface area contributed by atoms with Gasteiger partial charge < -0.3 is 5.11 Å². The molecule has 1 heterocycles. The second-order valence-corrected chi connectivity index (χ2v) is 8.93. The minimum atomic E-state index is -3.56. The van der Waals surface area contributed by atoms with Gasteiger partial charge in [0.1, 0.15) is 0 Å². The van der Waals surface area contributed by atoms with Gasteiger partial charge in [-0.2, -0.15) is 4.31 Å². The Morgan fingerprint density at radius 2 is 1.46 bits per heavy atom. The van der Waals surface area contributed by atoms with Gasteiger partial charge in [0.2, 0.25) is 10.0 Å². The number of sulfonamides is 1. The molecule has 3 aromatic rings. The first-order valence-electron chi connectivity index (χ1n) is 9.49. The fourth-order valence-corrected chi connectivity index (χ4v) is 5.56. The van der Waals surface area contributed by atoms with Gasteiger partial charge in [-0.25, -0.2) is 8.42 Å². The van der Waals surface area contributed by atoms with Crippen LogP contribution >= 0.6 is 0 Å². The monoisotopic (exact) mass is 396 g/mol. The molecule has 0 amide bonds. The molecule has 0 bridgehead atoms. The van der Waals surface area contributed by atoms with Crippen LogP contribution in [0.5, 0.6) is 0 Å². The molecule has 0 saturated carbocycles. The summed E-state index contributed by atoms with van der Waals surface area (Å²) in [6, 6.07) is 22.7. The molecular formula is C22H24N2O3S. The van der Waals surface area contributed by atoms with Gasteiger partial charge in [-0.15, -0.1) is 0 Å². The molecule has 1 fully saturated rings. The van der Waals surface area contributed by atoms with Crippen molar-refractivity contribution >= 4 is 20.8 Å². The predicted molar refractivity (Wildman–Crippen MR) is 111 cm³/mol. The molecule has 1 atom stereocenters. The molecule has 0 aliphatic carbocycles. The molecule has 1 aliphatic heterocycles. The Kier molecular flexibility index (Phi) is 5.46. The van der Waals surface area contributed by atoms with Gasteiger partial charge in [0.05, 0.1) is 17.5 Å². The number of rotatable bonds is 5. The first-order chi connectivity index (χ1) is 13.6. The van der Waals surface area contributed by atoms with E-state index in [9.17, 15) is 13.5 Å². The zero-order valence-electron chi connectivity index (χ0n) is 15.6. The molecular weight excluding hydrogens is 372 g/mol. The minimum absolute atomic E-state index is 0.0140. The van der Waals surface area contributed by atoms with Gasteiger partial charge >= 0.3 is 0 Å². The lowest BCUT2D eigenvalue weighted by molar-refractivity contribution is 0.0903. The molecule has 28 heavy (non-hydrogen) atoms. The molecule has 146 valence electrons. The van der Waals surface area contributed by atoms with E-state index in [0.717, 1.165) is 16.3 Å².